The van der Waals surface area contributed by atoms with E-state index >= 15 is 0 Å². The highest BCUT2D eigenvalue weighted by molar-refractivity contribution is 7.92. The summed E-state index contributed by atoms with van der Waals surface area (Å²) < 4.78 is 30.7. The molecule has 0 aliphatic heterocycles. The van der Waals surface area contributed by atoms with Gasteiger partial charge >= 0.3 is 0 Å². The summed E-state index contributed by atoms with van der Waals surface area (Å²) in [7, 11) is -3.70. The standard InChI is InChI=1S/C19H22Cl2N2O4S/c1-4-27-16-8-5-14(6-9-16)13(2)22-19(24)12-23(28(3,25)26)15-7-10-17(20)18(21)11-15/h5-11,13H,4,12H2,1-3H3,(H,22,24). The van der Waals surface area contributed by atoms with Gasteiger partial charge in [0, 0.05) is 0 Å². The summed E-state index contributed by atoms with van der Waals surface area (Å²) in [6.45, 7) is 3.91. The molecule has 0 spiro atoms. The molecule has 9 heteroatoms. The number of carbonyl (C=O) groups is 1. The Balaban J connectivity index is 2.12. The molecule has 0 bridgehead atoms. The Hall–Kier alpha value is -1.96. The first-order valence-corrected chi connectivity index (χ1v) is 11.2. The summed E-state index contributed by atoms with van der Waals surface area (Å²) in [4.78, 5) is 12.5. The smallest absolute Gasteiger partial charge is 0.241 e. The fourth-order valence-electron chi connectivity index (χ4n) is 2.56. The second-order valence-electron chi connectivity index (χ2n) is 6.16. The van der Waals surface area contributed by atoms with Crippen LogP contribution < -0.4 is 14.4 Å². The second-order valence-corrected chi connectivity index (χ2v) is 8.88. The Labute approximate surface area is 175 Å². The molecule has 2 aromatic rings. The van der Waals surface area contributed by atoms with Crippen molar-refractivity contribution in [2.75, 3.05) is 23.7 Å². The van der Waals surface area contributed by atoms with Crippen molar-refractivity contribution in [2.45, 2.75) is 19.9 Å². The van der Waals surface area contributed by atoms with Crippen LogP contribution in [0.3, 0.4) is 0 Å². The molecule has 0 heterocycles. The zero-order valence-electron chi connectivity index (χ0n) is 15.8. The number of ether oxygens (including phenoxy) is 1. The lowest BCUT2D eigenvalue weighted by molar-refractivity contribution is -0.120. The minimum Gasteiger partial charge on any atom is -0.494 e. The van der Waals surface area contributed by atoms with E-state index in [1.54, 1.807) is 0 Å². The van der Waals surface area contributed by atoms with Crippen molar-refractivity contribution >= 4 is 44.8 Å². The van der Waals surface area contributed by atoms with Crippen LogP contribution in [0.25, 0.3) is 0 Å². The van der Waals surface area contributed by atoms with Crippen LogP contribution in [0.4, 0.5) is 5.69 Å². The van der Waals surface area contributed by atoms with Crippen LogP contribution in [0.2, 0.25) is 10.0 Å². The highest BCUT2D eigenvalue weighted by Gasteiger charge is 2.22. The Morgan fingerprint density at radius 1 is 1.14 bits per heavy atom. The van der Waals surface area contributed by atoms with Crippen LogP contribution in [0.1, 0.15) is 25.5 Å². The van der Waals surface area contributed by atoms with Crippen LogP contribution in [-0.4, -0.2) is 33.7 Å². The quantitative estimate of drug-likeness (QED) is 0.666. The number of benzene rings is 2. The number of carbonyl (C=O) groups excluding carboxylic acids is 1. The number of nitrogens with zero attached hydrogens (tertiary/aromatic N) is 1. The minimum absolute atomic E-state index is 0.205. The van der Waals surface area contributed by atoms with E-state index in [1.165, 1.54) is 18.2 Å². The third kappa shape index (κ3) is 6.02. The Kier molecular flexibility index (Phi) is 7.57. The molecule has 0 saturated heterocycles. The molecule has 28 heavy (non-hydrogen) atoms. The maximum atomic E-state index is 12.5. The molecule has 1 amide bonds. The van der Waals surface area contributed by atoms with E-state index in [1.807, 2.05) is 38.1 Å². The zero-order valence-corrected chi connectivity index (χ0v) is 18.1. The summed E-state index contributed by atoms with van der Waals surface area (Å²) in [5.74, 6) is 0.297. The third-order valence-electron chi connectivity index (χ3n) is 3.95. The SMILES string of the molecule is CCOc1ccc(C(C)NC(=O)CN(c2ccc(Cl)c(Cl)c2)S(C)(=O)=O)cc1. The van der Waals surface area contributed by atoms with Crippen LogP contribution in [0.15, 0.2) is 42.5 Å². The minimum atomic E-state index is -3.70. The van der Waals surface area contributed by atoms with Gasteiger partial charge in [0.25, 0.3) is 0 Å². The van der Waals surface area contributed by atoms with Gasteiger partial charge in [-0.25, -0.2) is 8.42 Å². The van der Waals surface area contributed by atoms with E-state index in [4.69, 9.17) is 27.9 Å². The predicted molar refractivity (Wildman–Crippen MR) is 113 cm³/mol. The van der Waals surface area contributed by atoms with Gasteiger partial charge in [-0.15, -0.1) is 0 Å². The third-order valence-corrected chi connectivity index (χ3v) is 5.83. The van der Waals surface area contributed by atoms with Crippen molar-refractivity contribution in [3.8, 4) is 5.75 Å². The molecule has 2 aromatic carbocycles. The van der Waals surface area contributed by atoms with Gasteiger partial charge in [0.15, 0.2) is 0 Å². The fourth-order valence-corrected chi connectivity index (χ4v) is 3.70. The lowest BCUT2D eigenvalue weighted by Crippen LogP contribution is -2.41. The largest absolute Gasteiger partial charge is 0.494 e. The molecule has 1 unspecified atom stereocenters. The van der Waals surface area contributed by atoms with Crippen molar-refractivity contribution in [1.82, 2.24) is 5.32 Å². The predicted octanol–water partition coefficient (Wildman–Crippen LogP) is 4.04. The van der Waals surface area contributed by atoms with Crippen molar-refractivity contribution in [3.05, 3.63) is 58.1 Å². The number of anilines is 1. The van der Waals surface area contributed by atoms with Crippen LogP contribution >= 0.6 is 23.2 Å². The molecular formula is C19H22Cl2N2O4S. The topological polar surface area (TPSA) is 75.7 Å². The monoisotopic (exact) mass is 444 g/mol. The molecule has 0 saturated carbocycles. The Bertz CT molecular complexity index is 933. The molecule has 152 valence electrons. The van der Waals surface area contributed by atoms with Crippen molar-refractivity contribution in [2.24, 2.45) is 0 Å². The van der Waals surface area contributed by atoms with Crippen molar-refractivity contribution in [1.29, 1.82) is 0 Å². The molecule has 0 aliphatic carbocycles. The summed E-state index contributed by atoms with van der Waals surface area (Å²) in [6.07, 6.45) is 1.03. The van der Waals surface area contributed by atoms with Gasteiger partial charge in [-0.2, -0.15) is 0 Å². The Morgan fingerprint density at radius 3 is 2.32 bits per heavy atom. The number of hydrogen-bond donors (Lipinski definition) is 1. The molecule has 1 atom stereocenters. The molecule has 0 radical (unpaired) electrons. The summed E-state index contributed by atoms with van der Waals surface area (Å²) in [5.41, 5.74) is 1.14. The lowest BCUT2D eigenvalue weighted by Gasteiger charge is -2.23. The molecule has 6 nitrogen and oxygen atoms in total. The number of nitrogens with one attached hydrogen (secondary N) is 1. The molecule has 0 aromatic heterocycles. The van der Waals surface area contributed by atoms with Crippen LogP contribution in [-0.2, 0) is 14.8 Å². The van der Waals surface area contributed by atoms with E-state index < -0.39 is 15.9 Å². The van der Waals surface area contributed by atoms with Gasteiger partial charge in [-0.1, -0.05) is 35.3 Å². The highest BCUT2D eigenvalue weighted by Crippen LogP contribution is 2.28. The van der Waals surface area contributed by atoms with E-state index in [0.29, 0.717) is 11.6 Å². The molecule has 0 aliphatic rings. The molecule has 1 N–H and O–H groups in total. The van der Waals surface area contributed by atoms with E-state index in [2.05, 4.69) is 5.32 Å². The van der Waals surface area contributed by atoms with Gasteiger partial charge in [-0.05, 0) is 49.7 Å². The maximum absolute atomic E-state index is 12.5. The number of sulfonamides is 1. The number of amides is 1. The summed E-state index contributed by atoms with van der Waals surface area (Å²) >= 11 is 11.9. The molecular weight excluding hydrogens is 423 g/mol. The highest BCUT2D eigenvalue weighted by atomic mass is 35.5. The van der Waals surface area contributed by atoms with E-state index in [0.717, 1.165) is 21.9 Å². The van der Waals surface area contributed by atoms with Gasteiger partial charge < -0.3 is 10.1 Å². The molecule has 2 rings (SSSR count). The van der Waals surface area contributed by atoms with Crippen molar-refractivity contribution < 1.29 is 17.9 Å². The van der Waals surface area contributed by atoms with E-state index in [9.17, 15) is 13.2 Å². The summed E-state index contributed by atoms with van der Waals surface area (Å²) in [5, 5.41) is 3.30. The van der Waals surface area contributed by atoms with Gasteiger partial charge in [0.1, 0.15) is 12.3 Å². The first-order chi connectivity index (χ1) is 13.1. The second kappa shape index (κ2) is 9.49. The van der Waals surface area contributed by atoms with Crippen molar-refractivity contribution in [3.63, 3.8) is 0 Å². The lowest BCUT2D eigenvalue weighted by atomic mass is 10.1. The number of hydrogen-bond acceptors (Lipinski definition) is 4. The van der Waals surface area contributed by atoms with Crippen LogP contribution in [0.5, 0.6) is 5.75 Å². The first kappa shape index (κ1) is 22.3. The normalized spacial score (nSPS) is 12.3. The number of rotatable bonds is 8. The Morgan fingerprint density at radius 2 is 1.79 bits per heavy atom. The maximum Gasteiger partial charge on any atom is 0.241 e. The van der Waals surface area contributed by atoms with Gasteiger partial charge in [0.05, 0.1) is 34.6 Å². The van der Waals surface area contributed by atoms with E-state index in [-0.39, 0.29) is 23.3 Å². The number of halogens is 2. The fraction of sp³-hybridized carbons (Fsp3) is 0.316. The average Bonchev–Trinajstić information content (AvgIpc) is 2.62. The van der Waals surface area contributed by atoms with Gasteiger partial charge in [-0.3, -0.25) is 9.10 Å². The van der Waals surface area contributed by atoms with Gasteiger partial charge in [0.2, 0.25) is 15.9 Å². The average molecular weight is 445 g/mol. The summed E-state index contributed by atoms with van der Waals surface area (Å²) in [6, 6.07) is 11.4. The molecule has 0 fully saturated rings. The van der Waals surface area contributed by atoms with Crippen LogP contribution in [0, 0.1) is 0 Å². The zero-order chi connectivity index (χ0) is 20.9. The first-order valence-electron chi connectivity index (χ1n) is 8.56.